The Balaban J connectivity index is 2.19. The van der Waals surface area contributed by atoms with Crippen molar-refractivity contribution in [1.29, 1.82) is 0 Å². The quantitative estimate of drug-likeness (QED) is 0.796. The van der Waals surface area contributed by atoms with Crippen LogP contribution in [0.15, 0.2) is 18.2 Å². The third-order valence-electron chi connectivity index (χ3n) is 3.12. The lowest BCUT2D eigenvalue weighted by atomic mass is 10.0. The summed E-state index contributed by atoms with van der Waals surface area (Å²) in [5, 5.41) is 11.8. The predicted octanol–water partition coefficient (Wildman–Crippen LogP) is 2.35. The van der Waals surface area contributed by atoms with E-state index in [0.717, 1.165) is 9.99 Å². The van der Waals surface area contributed by atoms with Gasteiger partial charge in [0.15, 0.2) is 0 Å². The summed E-state index contributed by atoms with van der Waals surface area (Å²) in [4.78, 5) is 23.2. The number of hydrogen-bond donors (Lipinski definition) is 2. The Kier molecular flexibility index (Phi) is 4.41. The van der Waals surface area contributed by atoms with Gasteiger partial charge < -0.3 is 15.2 Å². The van der Waals surface area contributed by atoms with Crippen molar-refractivity contribution in [2.24, 2.45) is 5.92 Å². The number of benzene rings is 1. The smallest absolute Gasteiger partial charge is 0.337 e. The van der Waals surface area contributed by atoms with Crippen molar-refractivity contribution in [2.75, 3.05) is 11.9 Å². The highest BCUT2D eigenvalue weighted by Crippen LogP contribution is 2.24. The van der Waals surface area contributed by atoms with E-state index >= 15 is 0 Å². The molecular formula is C13H14INO4. The molecule has 1 saturated heterocycles. The minimum atomic E-state index is -1.06. The van der Waals surface area contributed by atoms with Gasteiger partial charge in [-0.15, -0.1) is 0 Å². The summed E-state index contributed by atoms with van der Waals surface area (Å²) >= 11 is 2.03. The van der Waals surface area contributed by atoms with E-state index in [9.17, 15) is 9.59 Å². The minimum Gasteiger partial charge on any atom is -0.478 e. The van der Waals surface area contributed by atoms with Crippen molar-refractivity contribution in [3.63, 3.8) is 0 Å². The Bertz CT molecular complexity index is 517. The maximum atomic E-state index is 12.1. The first-order chi connectivity index (χ1) is 8.99. The minimum absolute atomic E-state index is 0.0888. The molecule has 0 radical (unpaired) electrons. The standard InChI is InChI=1S/C13H14INO4/c1-7-4-5-19-11(7)12(16)15-10-3-2-8(14)6-9(10)13(17)18/h2-3,6-7,11H,4-5H2,1H3,(H,15,16)(H,17,18). The molecule has 6 heteroatoms. The van der Waals surface area contributed by atoms with E-state index in [4.69, 9.17) is 9.84 Å². The molecule has 1 heterocycles. The second-order valence-electron chi connectivity index (χ2n) is 4.54. The molecule has 1 aliphatic rings. The number of carbonyl (C=O) groups excluding carboxylic acids is 1. The average molecular weight is 375 g/mol. The van der Waals surface area contributed by atoms with E-state index in [1.165, 1.54) is 6.07 Å². The largest absolute Gasteiger partial charge is 0.478 e. The van der Waals surface area contributed by atoms with Crippen molar-refractivity contribution < 1.29 is 19.4 Å². The molecule has 0 aromatic heterocycles. The van der Waals surface area contributed by atoms with Crippen LogP contribution >= 0.6 is 22.6 Å². The van der Waals surface area contributed by atoms with Crippen molar-refractivity contribution in [3.8, 4) is 0 Å². The molecule has 1 amide bonds. The van der Waals surface area contributed by atoms with Crippen molar-refractivity contribution in [2.45, 2.75) is 19.4 Å². The summed E-state index contributed by atoms with van der Waals surface area (Å²) in [6.45, 7) is 2.51. The normalized spacial score (nSPS) is 22.2. The van der Waals surface area contributed by atoms with Crippen LogP contribution < -0.4 is 5.32 Å². The Morgan fingerprint density at radius 3 is 2.79 bits per heavy atom. The maximum absolute atomic E-state index is 12.1. The van der Waals surface area contributed by atoms with Gasteiger partial charge in [-0.3, -0.25) is 4.79 Å². The second-order valence-corrected chi connectivity index (χ2v) is 5.79. The summed E-state index contributed by atoms with van der Waals surface area (Å²) in [7, 11) is 0. The van der Waals surface area contributed by atoms with E-state index in [1.54, 1.807) is 12.1 Å². The fourth-order valence-electron chi connectivity index (χ4n) is 2.04. The summed E-state index contributed by atoms with van der Waals surface area (Å²) in [6, 6.07) is 4.88. The molecule has 2 unspecified atom stereocenters. The Morgan fingerprint density at radius 2 is 2.21 bits per heavy atom. The highest BCUT2D eigenvalue weighted by atomic mass is 127. The SMILES string of the molecule is CC1CCOC1C(=O)Nc1ccc(I)cc1C(=O)O. The topological polar surface area (TPSA) is 75.6 Å². The summed E-state index contributed by atoms with van der Waals surface area (Å²) in [5.41, 5.74) is 0.395. The summed E-state index contributed by atoms with van der Waals surface area (Å²) in [6.07, 6.45) is 0.345. The number of carboxylic acids is 1. The third kappa shape index (κ3) is 3.24. The molecule has 1 aromatic carbocycles. The second kappa shape index (κ2) is 5.87. The van der Waals surface area contributed by atoms with Gasteiger partial charge in [-0.05, 0) is 53.1 Å². The molecule has 2 atom stereocenters. The van der Waals surface area contributed by atoms with Crippen LogP contribution in [-0.2, 0) is 9.53 Å². The van der Waals surface area contributed by atoms with E-state index in [0.29, 0.717) is 12.3 Å². The van der Waals surface area contributed by atoms with Gasteiger partial charge in [0.1, 0.15) is 6.10 Å². The number of hydrogen-bond acceptors (Lipinski definition) is 3. The lowest BCUT2D eigenvalue weighted by Gasteiger charge is -2.15. The van der Waals surface area contributed by atoms with Crippen LogP contribution in [0.5, 0.6) is 0 Å². The van der Waals surface area contributed by atoms with Crippen LogP contribution in [0, 0.1) is 9.49 Å². The zero-order valence-corrected chi connectivity index (χ0v) is 12.5. The van der Waals surface area contributed by atoms with Gasteiger partial charge in [0.05, 0.1) is 11.3 Å². The van der Waals surface area contributed by atoms with Crippen LogP contribution in [0.3, 0.4) is 0 Å². The number of carbonyl (C=O) groups is 2. The molecule has 102 valence electrons. The van der Waals surface area contributed by atoms with Crippen molar-refractivity contribution >= 4 is 40.2 Å². The van der Waals surface area contributed by atoms with Gasteiger partial charge in [-0.25, -0.2) is 4.79 Å². The van der Waals surface area contributed by atoms with Gasteiger partial charge in [-0.1, -0.05) is 6.92 Å². The highest BCUT2D eigenvalue weighted by Gasteiger charge is 2.31. The number of halogens is 1. The molecule has 2 rings (SSSR count). The molecule has 2 N–H and O–H groups in total. The Labute approximate surface area is 124 Å². The molecular weight excluding hydrogens is 361 g/mol. The number of aromatic carboxylic acids is 1. The van der Waals surface area contributed by atoms with Crippen LogP contribution in [0.4, 0.5) is 5.69 Å². The first-order valence-corrected chi connectivity index (χ1v) is 7.02. The maximum Gasteiger partial charge on any atom is 0.337 e. The van der Waals surface area contributed by atoms with Crippen LogP contribution in [0.25, 0.3) is 0 Å². The number of ether oxygens (including phenoxy) is 1. The average Bonchev–Trinajstić information content (AvgIpc) is 2.77. The number of anilines is 1. The fourth-order valence-corrected chi connectivity index (χ4v) is 2.53. The van der Waals surface area contributed by atoms with Gasteiger partial charge in [0, 0.05) is 10.2 Å². The molecule has 0 spiro atoms. The van der Waals surface area contributed by atoms with E-state index < -0.39 is 12.1 Å². The van der Waals surface area contributed by atoms with E-state index in [2.05, 4.69) is 5.32 Å². The third-order valence-corrected chi connectivity index (χ3v) is 3.79. The summed E-state index contributed by atoms with van der Waals surface area (Å²) in [5.74, 6) is -1.19. The Hall–Kier alpha value is -1.15. The molecule has 1 aromatic rings. The van der Waals surface area contributed by atoms with Gasteiger partial charge in [0.2, 0.25) is 0 Å². The molecule has 5 nitrogen and oxygen atoms in total. The van der Waals surface area contributed by atoms with E-state index in [-0.39, 0.29) is 17.4 Å². The predicted molar refractivity (Wildman–Crippen MR) is 78.3 cm³/mol. The number of amides is 1. The first kappa shape index (κ1) is 14.3. The van der Waals surface area contributed by atoms with Crippen molar-refractivity contribution in [1.82, 2.24) is 0 Å². The summed E-state index contributed by atoms with van der Waals surface area (Å²) < 4.78 is 6.17. The Morgan fingerprint density at radius 1 is 1.47 bits per heavy atom. The fraction of sp³-hybridized carbons (Fsp3) is 0.385. The van der Waals surface area contributed by atoms with Crippen LogP contribution in [0.2, 0.25) is 0 Å². The molecule has 0 aliphatic carbocycles. The molecule has 19 heavy (non-hydrogen) atoms. The van der Waals surface area contributed by atoms with E-state index in [1.807, 2.05) is 29.5 Å². The zero-order chi connectivity index (χ0) is 14.0. The van der Waals surface area contributed by atoms with Crippen molar-refractivity contribution in [3.05, 3.63) is 27.3 Å². The lowest BCUT2D eigenvalue weighted by Crippen LogP contribution is -2.31. The first-order valence-electron chi connectivity index (χ1n) is 5.94. The monoisotopic (exact) mass is 375 g/mol. The number of nitrogens with one attached hydrogen (secondary N) is 1. The van der Waals surface area contributed by atoms with Gasteiger partial charge in [-0.2, -0.15) is 0 Å². The molecule has 1 fully saturated rings. The number of carboxylic acid groups (broad SMARTS) is 1. The number of rotatable bonds is 3. The lowest BCUT2D eigenvalue weighted by molar-refractivity contribution is -0.126. The molecule has 1 aliphatic heterocycles. The molecule has 0 saturated carbocycles. The highest BCUT2D eigenvalue weighted by molar-refractivity contribution is 14.1. The van der Waals surface area contributed by atoms with Gasteiger partial charge >= 0.3 is 5.97 Å². The zero-order valence-electron chi connectivity index (χ0n) is 10.4. The van der Waals surface area contributed by atoms with Gasteiger partial charge in [0.25, 0.3) is 5.91 Å². The van der Waals surface area contributed by atoms with Crippen LogP contribution in [0.1, 0.15) is 23.7 Å². The van der Waals surface area contributed by atoms with Crippen LogP contribution in [-0.4, -0.2) is 29.7 Å². The molecule has 0 bridgehead atoms.